The molecule has 0 aliphatic heterocycles. The number of anilines is 1. The lowest BCUT2D eigenvalue weighted by Gasteiger charge is -2.08. The molecule has 106 valence electrons. The second-order valence-corrected chi connectivity index (χ2v) is 5.91. The van der Waals surface area contributed by atoms with Gasteiger partial charge in [0.1, 0.15) is 5.02 Å². The summed E-state index contributed by atoms with van der Waals surface area (Å²) in [5, 5.41) is 11.6. The molecule has 19 heavy (non-hydrogen) atoms. The topological polar surface area (TPSA) is 107 Å². The molecular formula is C10H15ClN4O3S. The van der Waals surface area contributed by atoms with Gasteiger partial charge in [0, 0.05) is 6.54 Å². The number of aromatic nitrogens is 2. The van der Waals surface area contributed by atoms with Crippen LogP contribution in [0.3, 0.4) is 0 Å². The predicted octanol–water partition coefficient (Wildman–Crippen LogP) is 0.173. The van der Waals surface area contributed by atoms with Crippen molar-refractivity contribution in [1.29, 1.82) is 0 Å². The first kappa shape index (κ1) is 15.7. The average molecular weight is 307 g/mol. The van der Waals surface area contributed by atoms with E-state index < -0.39 is 15.6 Å². The molecule has 1 aromatic heterocycles. The highest BCUT2D eigenvalue weighted by Crippen LogP contribution is 2.14. The van der Waals surface area contributed by atoms with Gasteiger partial charge in [-0.15, -0.1) is 6.58 Å². The van der Waals surface area contributed by atoms with Crippen molar-refractivity contribution in [1.82, 2.24) is 9.78 Å². The van der Waals surface area contributed by atoms with Crippen LogP contribution in [0.2, 0.25) is 5.02 Å². The molecule has 0 atom stereocenters. The van der Waals surface area contributed by atoms with Crippen LogP contribution in [0.25, 0.3) is 0 Å². The molecule has 3 N–H and O–H groups in total. The molecule has 9 heteroatoms. The Morgan fingerprint density at radius 3 is 2.84 bits per heavy atom. The Hall–Kier alpha value is -1.38. The van der Waals surface area contributed by atoms with Gasteiger partial charge in [-0.1, -0.05) is 17.7 Å². The van der Waals surface area contributed by atoms with Crippen LogP contribution in [0.4, 0.5) is 5.69 Å². The van der Waals surface area contributed by atoms with E-state index in [9.17, 15) is 13.2 Å². The van der Waals surface area contributed by atoms with E-state index in [1.807, 2.05) is 0 Å². The summed E-state index contributed by atoms with van der Waals surface area (Å²) >= 11 is 5.89. The molecule has 0 saturated carbocycles. The lowest BCUT2D eigenvalue weighted by molar-refractivity contribution is 0.595. The summed E-state index contributed by atoms with van der Waals surface area (Å²) in [5.41, 5.74) is -0.0700. The number of nitrogens with one attached hydrogen (secondary N) is 1. The molecule has 7 nitrogen and oxygen atoms in total. The van der Waals surface area contributed by atoms with Crippen molar-refractivity contribution in [3.63, 3.8) is 0 Å². The van der Waals surface area contributed by atoms with Crippen LogP contribution in [0.15, 0.2) is 23.6 Å². The molecule has 0 aliphatic rings. The van der Waals surface area contributed by atoms with Crippen LogP contribution in [0.5, 0.6) is 0 Å². The Kier molecular flexibility index (Phi) is 5.52. The van der Waals surface area contributed by atoms with E-state index >= 15 is 0 Å². The minimum absolute atomic E-state index is 0.00690. The molecule has 0 radical (unpaired) electrons. The van der Waals surface area contributed by atoms with E-state index in [4.69, 9.17) is 16.7 Å². The Morgan fingerprint density at radius 1 is 1.58 bits per heavy atom. The fourth-order valence-corrected chi connectivity index (χ4v) is 2.10. The van der Waals surface area contributed by atoms with Crippen molar-refractivity contribution in [2.24, 2.45) is 5.14 Å². The van der Waals surface area contributed by atoms with Gasteiger partial charge in [0.2, 0.25) is 10.0 Å². The Balaban J connectivity index is 2.68. The Bertz CT molecular complexity index is 612. The summed E-state index contributed by atoms with van der Waals surface area (Å²) in [6.45, 7) is 4.10. The van der Waals surface area contributed by atoms with E-state index in [-0.39, 0.29) is 17.3 Å². The molecule has 1 heterocycles. The van der Waals surface area contributed by atoms with Gasteiger partial charge < -0.3 is 5.32 Å². The maximum atomic E-state index is 11.7. The van der Waals surface area contributed by atoms with Crippen LogP contribution < -0.4 is 16.0 Å². The van der Waals surface area contributed by atoms with E-state index in [0.29, 0.717) is 18.7 Å². The lowest BCUT2D eigenvalue weighted by Crippen LogP contribution is -2.24. The maximum Gasteiger partial charge on any atom is 0.287 e. The third-order valence-electron chi connectivity index (χ3n) is 2.21. The normalized spacial score (nSPS) is 11.3. The minimum atomic E-state index is -3.48. The van der Waals surface area contributed by atoms with E-state index in [1.165, 1.54) is 17.0 Å². The molecule has 0 saturated heterocycles. The zero-order valence-corrected chi connectivity index (χ0v) is 11.7. The van der Waals surface area contributed by atoms with Gasteiger partial charge >= 0.3 is 0 Å². The highest BCUT2D eigenvalue weighted by molar-refractivity contribution is 7.89. The summed E-state index contributed by atoms with van der Waals surface area (Å²) < 4.78 is 22.6. The third kappa shape index (κ3) is 5.01. The van der Waals surface area contributed by atoms with Crippen LogP contribution in [0, 0.1) is 0 Å². The number of nitrogens with two attached hydrogens (primary N) is 1. The van der Waals surface area contributed by atoms with Gasteiger partial charge in [0.15, 0.2) is 0 Å². The summed E-state index contributed by atoms with van der Waals surface area (Å²) in [6.07, 6.45) is 3.25. The molecule has 0 aliphatic carbocycles. The van der Waals surface area contributed by atoms with E-state index in [0.717, 1.165) is 0 Å². The molecular weight excluding hydrogens is 292 g/mol. The lowest BCUT2D eigenvalue weighted by atomic mass is 10.4. The summed E-state index contributed by atoms with van der Waals surface area (Å²) in [5.74, 6) is -0.140. The van der Waals surface area contributed by atoms with Gasteiger partial charge in [-0.05, 0) is 6.42 Å². The molecule has 0 amide bonds. The van der Waals surface area contributed by atoms with Crippen LogP contribution >= 0.6 is 11.6 Å². The van der Waals surface area contributed by atoms with Crippen molar-refractivity contribution < 1.29 is 8.42 Å². The Morgan fingerprint density at radius 2 is 2.26 bits per heavy atom. The molecule has 1 rings (SSSR count). The van der Waals surface area contributed by atoms with E-state index in [1.54, 1.807) is 0 Å². The van der Waals surface area contributed by atoms with Crippen molar-refractivity contribution in [3.05, 3.63) is 34.2 Å². The molecule has 0 spiro atoms. The number of halogens is 1. The number of hydrogen-bond donors (Lipinski definition) is 2. The number of hydrogen-bond acceptors (Lipinski definition) is 5. The highest BCUT2D eigenvalue weighted by atomic mass is 35.5. The van der Waals surface area contributed by atoms with Gasteiger partial charge in [0.25, 0.3) is 5.56 Å². The second kappa shape index (κ2) is 6.69. The first-order valence-corrected chi connectivity index (χ1v) is 7.55. The van der Waals surface area contributed by atoms with Gasteiger partial charge in [-0.3, -0.25) is 4.79 Å². The van der Waals surface area contributed by atoms with E-state index in [2.05, 4.69) is 17.0 Å². The van der Waals surface area contributed by atoms with Crippen LogP contribution in [-0.4, -0.2) is 30.5 Å². The molecule has 1 aromatic rings. The zero-order valence-electron chi connectivity index (χ0n) is 10.2. The first-order chi connectivity index (χ1) is 8.85. The van der Waals surface area contributed by atoms with Crippen molar-refractivity contribution in [2.75, 3.05) is 17.6 Å². The van der Waals surface area contributed by atoms with Gasteiger partial charge in [0.05, 0.1) is 24.2 Å². The smallest absolute Gasteiger partial charge is 0.287 e. The predicted molar refractivity (Wildman–Crippen MR) is 74.8 cm³/mol. The highest BCUT2D eigenvalue weighted by Gasteiger charge is 2.08. The number of sulfonamides is 1. The standard InChI is InChI=1S/C10H15ClN4O3S/c1-2-5-15-10(16)9(11)8(7-14-15)13-4-3-6-19(12,17)18/h2,7,13H,1,3-6H2,(H2,12,17,18). The summed E-state index contributed by atoms with van der Waals surface area (Å²) in [6, 6.07) is 0. The number of allylic oxidation sites excluding steroid dienone is 1. The zero-order chi connectivity index (χ0) is 14.5. The van der Waals surface area contributed by atoms with Crippen LogP contribution in [0.1, 0.15) is 6.42 Å². The van der Waals surface area contributed by atoms with Gasteiger partial charge in [-0.25, -0.2) is 18.2 Å². The van der Waals surface area contributed by atoms with Crippen molar-refractivity contribution >= 4 is 27.3 Å². The summed E-state index contributed by atoms with van der Waals surface area (Å²) in [7, 11) is -3.48. The molecule has 0 fully saturated rings. The van der Waals surface area contributed by atoms with Crippen LogP contribution in [-0.2, 0) is 16.6 Å². The van der Waals surface area contributed by atoms with Crippen molar-refractivity contribution in [3.8, 4) is 0 Å². The number of rotatable bonds is 7. The monoisotopic (exact) mass is 306 g/mol. The third-order valence-corrected chi connectivity index (χ3v) is 3.43. The summed E-state index contributed by atoms with van der Waals surface area (Å²) in [4.78, 5) is 11.7. The average Bonchev–Trinajstić information content (AvgIpc) is 2.32. The minimum Gasteiger partial charge on any atom is -0.382 e. The molecule has 0 aromatic carbocycles. The quantitative estimate of drug-likeness (QED) is 0.552. The van der Waals surface area contributed by atoms with Gasteiger partial charge in [-0.2, -0.15) is 5.10 Å². The second-order valence-electron chi connectivity index (χ2n) is 3.80. The van der Waals surface area contributed by atoms with Crippen molar-refractivity contribution in [2.45, 2.75) is 13.0 Å². The SMILES string of the molecule is C=CCn1ncc(NCCCS(N)(=O)=O)c(Cl)c1=O. The first-order valence-electron chi connectivity index (χ1n) is 5.46. The molecule has 0 unspecified atom stereocenters. The molecule has 0 bridgehead atoms. The largest absolute Gasteiger partial charge is 0.382 e. The number of nitrogens with zero attached hydrogens (tertiary/aromatic N) is 2. The number of primary sulfonamides is 1. The Labute approximate surface area is 116 Å². The maximum absolute atomic E-state index is 11.7. The fraction of sp³-hybridized carbons (Fsp3) is 0.400. The fourth-order valence-electron chi connectivity index (χ4n) is 1.34.